The number of aryl methyl sites for hydroxylation is 1. The lowest BCUT2D eigenvalue weighted by atomic mass is 10.2. The molecule has 3 heteroatoms. The molecule has 13 heavy (non-hydrogen) atoms. The van der Waals surface area contributed by atoms with E-state index in [4.69, 9.17) is 0 Å². The maximum atomic E-state index is 2.41. The van der Waals surface area contributed by atoms with E-state index in [-0.39, 0.29) is 0 Å². The van der Waals surface area contributed by atoms with Gasteiger partial charge in [-0.1, -0.05) is 6.07 Å². The smallest absolute Gasteiger partial charge is 0.0695 e. The normalized spacial score (nSPS) is 11.0. The highest BCUT2D eigenvalue weighted by Gasteiger charge is 2.05. The summed E-state index contributed by atoms with van der Waals surface area (Å²) in [7, 11) is 0. The molecule has 2 aromatic rings. The Labute approximate surface area is 99.9 Å². The van der Waals surface area contributed by atoms with Crippen molar-refractivity contribution in [3.05, 3.63) is 26.6 Å². The summed E-state index contributed by atoms with van der Waals surface area (Å²) in [6.07, 6.45) is 2.12. The number of thiophene rings is 1. The lowest BCUT2D eigenvalue weighted by Crippen LogP contribution is -1.71. The van der Waals surface area contributed by atoms with E-state index in [1.165, 1.54) is 23.4 Å². The molecule has 0 N–H and O–H groups in total. The Morgan fingerprint density at radius 2 is 2.15 bits per heavy atom. The molecule has 0 unspecified atom stereocenters. The van der Waals surface area contributed by atoms with Crippen LogP contribution in [-0.4, -0.2) is 6.26 Å². The van der Waals surface area contributed by atoms with Crippen LogP contribution in [0.5, 0.6) is 0 Å². The number of thioether (sulfide) groups is 1. The first-order valence-electron chi connectivity index (χ1n) is 3.95. The molecule has 0 radical (unpaired) electrons. The van der Waals surface area contributed by atoms with Crippen LogP contribution in [0.2, 0.25) is 0 Å². The van der Waals surface area contributed by atoms with Gasteiger partial charge in [0.1, 0.15) is 0 Å². The SMILES string of the molecule is CSc1ccc2c(C)c(I)sc2c1. The third-order valence-electron chi connectivity index (χ3n) is 2.09. The van der Waals surface area contributed by atoms with E-state index in [1.807, 2.05) is 11.3 Å². The molecule has 0 fully saturated rings. The summed E-state index contributed by atoms with van der Waals surface area (Å²) >= 11 is 6.10. The van der Waals surface area contributed by atoms with E-state index in [0.717, 1.165) is 0 Å². The zero-order chi connectivity index (χ0) is 9.42. The highest BCUT2D eigenvalue weighted by Crippen LogP contribution is 2.33. The largest absolute Gasteiger partial charge is 0.130 e. The van der Waals surface area contributed by atoms with Crippen LogP contribution in [0.1, 0.15) is 5.56 Å². The first-order valence-corrected chi connectivity index (χ1v) is 7.07. The highest BCUT2D eigenvalue weighted by molar-refractivity contribution is 14.1. The second kappa shape index (κ2) is 3.79. The van der Waals surface area contributed by atoms with Crippen LogP contribution in [0.3, 0.4) is 0 Å². The standard InChI is InChI=1S/C10H9IS2/c1-6-8-4-3-7(12-2)5-9(8)13-10(6)11/h3-5H,1-2H3. The van der Waals surface area contributed by atoms with Gasteiger partial charge >= 0.3 is 0 Å². The molecular weight excluding hydrogens is 311 g/mol. The molecule has 0 atom stereocenters. The zero-order valence-electron chi connectivity index (χ0n) is 7.43. The Bertz CT molecular complexity index is 445. The molecular formula is C10H9IS2. The van der Waals surface area contributed by atoms with Gasteiger partial charge in [-0.05, 0) is 58.9 Å². The quantitative estimate of drug-likeness (QED) is 0.549. The maximum Gasteiger partial charge on any atom is 0.0695 e. The second-order valence-corrected chi connectivity index (χ2v) is 6.61. The molecule has 0 aliphatic heterocycles. The molecule has 0 aliphatic carbocycles. The van der Waals surface area contributed by atoms with Gasteiger partial charge in [-0.2, -0.15) is 0 Å². The average molecular weight is 320 g/mol. The van der Waals surface area contributed by atoms with Gasteiger partial charge in [-0.15, -0.1) is 23.1 Å². The van der Waals surface area contributed by atoms with Crippen molar-refractivity contribution in [1.82, 2.24) is 0 Å². The summed E-state index contributed by atoms with van der Waals surface area (Å²) in [5, 5.41) is 1.41. The predicted octanol–water partition coefficient (Wildman–Crippen LogP) is 4.54. The summed E-state index contributed by atoms with van der Waals surface area (Å²) < 4.78 is 2.82. The van der Waals surface area contributed by atoms with Gasteiger partial charge in [-0.3, -0.25) is 0 Å². The van der Waals surface area contributed by atoms with Crippen LogP contribution in [0.4, 0.5) is 0 Å². The molecule has 2 rings (SSSR count). The van der Waals surface area contributed by atoms with Crippen LogP contribution >= 0.6 is 45.7 Å². The summed E-state index contributed by atoms with van der Waals surface area (Å²) in [5.41, 5.74) is 1.42. The van der Waals surface area contributed by atoms with Crippen LogP contribution in [0.15, 0.2) is 23.1 Å². The average Bonchev–Trinajstić information content (AvgIpc) is 2.42. The Balaban J connectivity index is 2.73. The fourth-order valence-corrected chi connectivity index (χ4v) is 3.79. The van der Waals surface area contributed by atoms with Gasteiger partial charge in [-0.25, -0.2) is 0 Å². The van der Waals surface area contributed by atoms with Gasteiger partial charge in [0, 0.05) is 9.60 Å². The summed E-state index contributed by atoms with van der Waals surface area (Å²) in [6.45, 7) is 2.19. The van der Waals surface area contributed by atoms with Gasteiger partial charge in [0.05, 0.1) is 2.88 Å². The summed E-state index contributed by atoms with van der Waals surface area (Å²) in [6, 6.07) is 6.71. The maximum absolute atomic E-state index is 2.41. The predicted molar refractivity (Wildman–Crippen MR) is 71.1 cm³/mol. The molecule has 0 bridgehead atoms. The van der Waals surface area contributed by atoms with Gasteiger partial charge < -0.3 is 0 Å². The Kier molecular flexibility index (Phi) is 2.86. The Hall–Kier alpha value is 0.260. The molecule has 1 aromatic heterocycles. The van der Waals surface area contributed by atoms with Gasteiger partial charge in [0.2, 0.25) is 0 Å². The van der Waals surface area contributed by atoms with Crippen molar-refractivity contribution in [3.8, 4) is 0 Å². The molecule has 68 valence electrons. The molecule has 0 saturated heterocycles. The Morgan fingerprint density at radius 1 is 1.38 bits per heavy atom. The molecule has 0 nitrogen and oxygen atoms in total. The third-order valence-corrected chi connectivity index (χ3v) is 5.33. The topological polar surface area (TPSA) is 0 Å². The number of fused-ring (bicyclic) bond motifs is 1. The van der Waals surface area contributed by atoms with Crippen molar-refractivity contribution in [1.29, 1.82) is 0 Å². The highest BCUT2D eigenvalue weighted by atomic mass is 127. The van der Waals surface area contributed by atoms with E-state index < -0.39 is 0 Å². The van der Waals surface area contributed by atoms with E-state index in [2.05, 4.69) is 54.0 Å². The molecule has 0 aliphatic rings. The molecule has 0 saturated carbocycles. The van der Waals surface area contributed by atoms with Crippen molar-refractivity contribution in [2.24, 2.45) is 0 Å². The third kappa shape index (κ3) is 1.74. The second-order valence-electron chi connectivity index (χ2n) is 2.86. The molecule has 1 heterocycles. The first kappa shape index (κ1) is 9.80. The van der Waals surface area contributed by atoms with Crippen molar-refractivity contribution in [2.45, 2.75) is 11.8 Å². The minimum atomic E-state index is 1.35. The van der Waals surface area contributed by atoms with Crippen LogP contribution < -0.4 is 0 Å². The van der Waals surface area contributed by atoms with E-state index in [0.29, 0.717) is 0 Å². The molecule has 0 amide bonds. The van der Waals surface area contributed by atoms with E-state index in [9.17, 15) is 0 Å². The number of benzene rings is 1. The summed E-state index contributed by atoms with van der Waals surface area (Å²) in [4.78, 5) is 1.35. The van der Waals surface area contributed by atoms with Crippen molar-refractivity contribution in [2.75, 3.05) is 6.26 Å². The van der Waals surface area contributed by atoms with E-state index in [1.54, 1.807) is 11.8 Å². The van der Waals surface area contributed by atoms with Crippen molar-refractivity contribution >= 4 is 55.8 Å². The van der Waals surface area contributed by atoms with Crippen LogP contribution in [-0.2, 0) is 0 Å². The monoisotopic (exact) mass is 320 g/mol. The number of halogens is 1. The van der Waals surface area contributed by atoms with E-state index >= 15 is 0 Å². The summed E-state index contributed by atoms with van der Waals surface area (Å²) in [5.74, 6) is 0. The zero-order valence-corrected chi connectivity index (χ0v) is 11.2. The fourth-order valence-electron chi connectivity index (χ4n) is 1.30. The van der Waals surface area contributed by atoms with Crippen LogP contribution in [0.25, 0.3) is 10.1 Å². The van der Waals surface area contributed by atoms with Crippen LogP contribution in [0, 0.1) is 9.81 Å². The minimum Gasteiger partial charge on any atom is -0.130 e. The lowest BCUT2D eigenvalue weighted by molar-refractivity contribution is 1.50. The number of hydrogen-bond acceptors (Lipinski definition) is 2. The number of hydrogen-bond donors (Lipinski definition) is 0. The van der Waals surface area contributed by atoms with Gasteiger partial charge in [0.15, 0.2) is 0 Å². The van der Waals surface area contributed by atoms with Crippen molar-refractivity contribution in [3.63, 3.8) is 0 Å². The lowest BCUT2D eigenvalue weighted by Gasteiger charge is -1.95. The molecule has 1 aromatic carbocycles. The minimum absolute atomic E-state index is 1.35. The van der Waals surface area contributed by atoms with Gasteiger partial charge in [0.25, 0.3) is 0 Å². The first-order chi connectivity index (χ1) is 6.22. The molecule has 0 spiro atoms. The fraction of sp³-hybridized carbons (Fsp3) is 0.200. The number of rotatable bonds is 1. The Morgan fingerprint density at radius 3 is 2.85 bits per heavy atom. The van der Waals surface area contributed by atoms with Crippen molar-refractivity contribution < 1.29 is 0 Å².